The second kappa shape index (κ2) is 25.6. The molecular formula is C36H81N5O. The molecule has 0 amide bonds. The molecule has 0 bridgehead atoms. The van der Waals surface area contributed by atoms with Gasteiger partial charge in [-0.2, -0.15) is 0 Å². The fraction of sp³-hybridized carbons (Fsp3) is 0.972. The van der Waals surface area contributed by atoms with Crippen LogP contribution in [0.4, 0.5) is 0 Å². The van der Waals surface area contributed by atoms with Crippen molar-refractivity contribution in [2.45, 2.75) is 154 Å². The third kappa shape index (κ3) is 49.0. The SMILES string of the molecule is CC(C)(C)CCCCN.CC(C)(C)CCCCN1CCOCC1.CC(C)(C)CCCN.CC(N)=NCCCC(C)(C)C. The Morgan fingerprint density at radius 2 is 0.976 bits per heavy atom. The summed E-state index contributed by atoms with van der Waals surface area (Å²) in [6, 6.07) is 0. The molecule has 1 heterocycles. The highest BCUT2D eigenvalue weighted by atomic mass is 16.5. The zero-order chi connectivity index (χ0) is 33.3. The monoisotopic (exact) mass is 600 g/mol. The number of amidine groups is 1. The first kappa shape index (κ1) is 45.7. The highest BCUT2D eigenvalue weighted by Crippen LogP contribution is 2.22. The lowest BCUT2D eigenvalue weighted by Crippen LogP contribution is -2.36. The molecule has 6 N–H and O–H groups in total. The average molecular weight is 600 g/mol. The summed E-state index contributed by atoms with van der Waals surface area (Å²) in [6.07, 6.45) is 12.5. The summed E-state index contributed by atoms with van der Waals surface area (Å²) in [7, 11) is 0. The third-order valence-corrected chi connectivity index (χ3v) is 6.71. The zero-order valence-electron chi connectivity index (χ0n) is 31.3. The predicted molar refractivity (Wildman–Crippen MR) is 192 cm³/mol. The van der Waals surface area contributed by atoms with Crippen LogP contribution in [0.2, 0.25) is 0 Å². The minimum Gasteiger partial charge on any atom is -0.388 e. The van der Waals surface area contributed by atoms with Gasteiger partial charge in [0, 0.05) is 19.6 Å². The Bertz CT molecular complexity index is 596. The number of ether oxygens (including phenoxy) is 1. The molecule has 6 heteroatoms. The molecule has 42 heavy (non-hydrogen) atoms. The molecule has 0 radical (unpaired) electrons. The molecule has 0 aromatic rings. The largest absolute Gasteiger partial charge is 0.388 e. The van der Waals surface area contributed by atoms with Gasteiger partial charge in [-0.15, -0.1) is 0 Å². The van der Waals surface area contributed by atoms with Gasteiger partial charge >= 0.3 is 0 Å². The fourth-order valence-corrected chi connectivity index (χ4v) is 4.11. The number of rotatable bonds is 12. The van der Waals surface area contributed by atoms with Crippen LogP contribution in [0.1, 0.15) is 154 Å². The van der Waals surface area contributed by atoms with E-state index in [1.807, 2.05) is 6.92 Å². The van der Waals surface area contributed by atoms with Gasteiger partial charge in [0.1, 0.15) is 0 Å². The normalized spacial score (nSPS) is 15.1. The number of nitrogens with two attached hydrogens (primary N) is 3. The number of nitrogens with zero attached hydrogens (tertiary/aromatic N) is 2. The van der Waals surface area contributed by atoms with Crippen molar-refractivity contribution in [3.8, 4) is 0 Å². The summed E-state index contributed by atoms with van der Waals surface area (Å²) in [5.41, 5.74) is 18.0. The summed E-state index contributed by atoms with van der Waals surface area (Å²) in [5, 5.41) is 0. The van der Waals surface area contributed by atoms with E-state index in [-0.39, 0.29) is 0 Å². The van der Waals surface area contributed by atoms with Crippen molar-refractivity contribution < 1.29 is 4.74 Å². The van der Waals surface area contributed by atoms with E-state index in [9.17, 15) is 0 Å². The van der Waals surface area contributed by atoms with Gasteiger partial charge in [-0.3, -0.25) is 9.89 Å². The van der Waals surface area contributed by atoms with Crippen LogP contribution in [0.3, 0.4) is 0 Å². The van der Waals surface area contributed by atoms with Gasteiger partial charge in [0.15, 0.2) is 0 Å². The van der Waals surface area contributed by atoms with Gasteiger partial charge in [-0.05, 0) is 99.6 Å². The molecule has 0 unspecified atom stereocenters. The van der Waals surface area contributed by atoms with Gasteiger partial charge in [0.2, 0.25) is 0 Å². The molecule has 0 aromatic carbocycles. The molecule has 0 spiro atoms. The molecule has 1 aliphatic heterocycles. The van der Waals surface area contributed by atoms with E-state index in [2.05, 4.69) is 93.0 Å². The molecule has 0 aliphatic carbocycles. The lowest BCUT2D eigenvalue weighted by Gasteiger charge is -2.27. The topological polar surface area (TPSA) is 103 Å². The number of hydrogen-bond acceptors (Lipinski definition) is 5. The number of aliphatic imine (C=N–C) groups is 1. The van der Waals surface area contributed by atoms with E-state index in [1.165, 1.54) is 57.9 Å². The summed E-state index contributed by atoms with van der Waals surface area (Å²) >= 11 is 0. The van der Waals surface area contributed by atoms with Crippen molar-refractivity contribution in [1.82, 2.24) is 4.90 Å². The van der Waals surface area contributed by atoms with Crippen LogP contribution in [0.5, 0.6) is 0 Å². The van der Waals surface area contributed by atoms with Crippen molar-refractivity contribution in [2.24, 2.45) is 43.9 Å². The Balaban J connectivity index is -0.000000496. The molecular weight excluding hydrogens is 518 g/mol. The first-order valence-electron chi connectivity index (χ1n) is 17.1. The molecule has 1 saturated heterocycles. The number of morpholine rings is 1. The summed E-state index contributed by atoms with van der Waals surface area (Å²) < 4.78 is 5.32. The minimum absolute atomic E-state index is 0.429. The summed E-state index contributed by atoms with van der Waals surface area (Å²) in [4.78, 5) is 6.64. The van der Waals surface area contributed by atoms with Gasteiger partial charge in [0.05, 0.1) is 19.0 Å². The van der Waals surface area contributed by atoms with Crippen LogP contribution >= 0.6 is 0 Å². The second-order valence-corrected chi connectivity index (χ2v) is 16.9. The Morgan fingerprint density at radius 3 is 1.33 bits per heavy atom. The highest BCUT2D eigenvalue weighted by molar-refractivity contribution is 5.77. The Morgan fingerprint density at radius 1 is 0.595 bits per heavy atom. The maximum atomic E-state index is 5.39. The molecule has 1 rings (SSSR count). The minimum atomic E-state index is 0.429. The second-order valence-electron chi connectivity index (χ2n) is 16.9. The first-order chi connectivity index (χ1) is 19.1. The molecule has 0 aromatic heterocycles. The number of unbranched alkanes of at least 4 members (excludes halogenated alkanes) is 2. The van der Waals surface area contributed by atoms with Crippen molar-refractivity contribution in [1.29, 1.82) is 0 Å². The molecule has 1 aliphatic rings. The predicted octanol–water partition coefficient (Wildman–Crippen LogP) is 8.66. The molecule has 0 saturated carbocycles. The quantitative estimate of drug-likeness (QED) is 0.118. The number of hydrogen-bond donors (Lipinski definition) is 3. The Labute approximate surface area is 265 Å². The lowest BCUT2D eigenvalue weighted by molar-refractivity contribution is 0.0368. The average Bonchev–Trinajstić information content (AvgIpc) is 2.83. The van der Waals surface area contributed by atoms with Crippen LogP contribution in [-0.2, 0) is 4.74 Å². The van der Waals surface area contributed by atoms with Gasteiger partial charge in [-0.1, -0.05) is 95.9 Å². The van der Waals surface area contributed by atoms with Crippen LogP contribution in [0.15, 0.2) is 4.99 Å². The Hall–Kier alpha value is -0.690. The third-order valence-electron chi connectivity index (χ3n) is 6.71. The van der Waals surface area contributed by atoms with E-state index in [1.54, 1.807) is 0 Å². The van der Waals surface area contributed by atoms with Crippen LogP contribution < -0.4 is 17.2 Å². The van der Waals surface area contributed by atoms with Crippen LogP contribution in [-0.4, -0.2) is 63.2 Å². The van der Waals surface area contributed by atoms with Crippen molar-refractivity contribution >= 4 is 5.84 Å². The van der Waals surface area contributed by atoms with Crippen molar-refractivity contribution in [3.63, 3.8) is 0 Å². The zero-order valence-corrected chi connectivity index (χ0v) is 31.3. The first-order valence-corrected chi connectivity index (χ1v) is 17.1. The molecule has 1 fully saturated rings. The van der Waals surface area contributed by atoms with Crippen LogP contribution in [0.25, 0.3) is 0 Å². The van der Waals surface area contributed by atoms with Crippen LogP contribution in [0, 0.1) is 21.7 Å². The summed E-state index contributed by atoms with van der Waals surface area (Å²) in [5.74, 6) is 0.693. The van der Waals surface area contributed by atoms with E-state index < -0.39 is 0 Å². The standard InChI is InChI=1S/C12H25NO.C9H20N2.C8H19N.C7H17N/c1-12(2,3)6-4-5-7-13-8-10-14-11-9-13;1-8(10)11-7-5-6-9(2,3)4;1-8(2,3)6-4-5-7-9;1-7(2,3)5-4-6-8/h4-11H2,1-3H3;5-7H2,1-4H3,(H2,10,11);4-7,9H2,1-3H3;4-6,8H2,1-3H3. The maximum Gasteiger partial charge on any atom is 0.0905 e. The molecule has 0 atom stereocenters. The smallest absolute Gasteiger partial charge is 0.0905 e. The van der Waals surface area contributed by atoms with E-state index in [4.69, 9.17) is 21.9 Å². The summed E-state index contributed by atoms with van der Waals surface area (Å²) in [6.45, 7) is 37.0. The van der Waals surface area contributed by atoms with Crippen molar-refractivity contribution in [3.05, 3.63) is 0 Å². The van der Waals surface area contributed by atoms with Gasteiger partial charge in [-0.25, -0.2) is 0 Å². The van der Waals surface area contributed by atoms with Gasteiger partial charge < -0.3 is 21.9 Å². The maximum absolute atomic E-state index is 5.39. The van der Waals surface area contributed by atoms with E-state index in [0.29, 0.717) is 27.5 Å². The lowest BCUT2D eigenvalue weighted by atomic mass is 9.90. The molecule has 6 nitrogen and oxygen atoms in total. The fourth-order valence-electron chi connectivity index (χ4n) is 4.11. The Kier molecular flexibility index (Phi) is 27.9. The van der Waals surface area contributed by atoms with E-state index in [0.717, 1.165) is 58.8 Å². The van der Waals surface area contributed by atoms with Gasteiger partial charge in [0.25, 0.3) is 0 Å². The van der Waals surface area contributed by atoms with Crippen molar-refractivity contribution in [2.75, 3.05) is 52.5 Å². The highest BCUT2D eigenvalue weighted by Gasteiger charge is 2.12. The van der Waals surface area contributed by atoms with E-state index >= 15 is 0 Å². The molecule has 256 valence electrons.